The number of aliphatic hydroxyl groups is 1. The van der Waals surface area contributed by atoms with Gasteiger partial charge in [0.2, 0.25) is 0 Å². The minimum absolute atomic E-state index is 0.0361. The zero-order valence-corrected chi connectivity index (χ0v) is 12.7. The number of hydrogen-bond acceptors (Lipinski definition) is 3. The van der Waals surface area contributed by atoms with Crippen LogP contribution in [0, 0.1) is 5.92 Å². The zero-order chi connectivity index (χ0) is 13.1. The van der Waals surface area contributed by atoms with Crippen molar-refractivity contribution in [2.75, 3.05) is 11.9 Å². The van der Waals surface area contributed by atoms with Gasteiger partial charge in [-0.25, -0.2) is 4.98 Å². The summed E-state index contributed by atoms with van der Waals surface area (Å²) in [5, 5.41) is 9.45. The van der Waals surface area contributed by atoms with E-state index in [-0.39, 0.29) is 6.61 Å². The van der Waals surface area contributed by atoms with Crippen LogP contribution < -0.4 is 4.90 Å². The van der Waals surface area contributed by atoms with Crippen LogP contribution in [0.4, 0.5) is 5.82 Å². The molecule has 1 saturated carbocycles. The van der Waals surface area contributed by atoms with Gasteiger partial charge in [0, 0.05) is 29.3 Å². The van der Waals surface area contributed by atoms with Crippen LogP contribution in [0.1, 0.15) is 38.2 Å². The predicted molar refractivity (Wildman–Crippen MR) is 77.7 cm³/mol. The van der Waals surface area contributed by atoms with Crippen molar-refractivity contribution in [1.29, 1.82) is 0 Å². The standard InChI is InChI=1S/C14H21BrN2O/c1-10-4-3-5-13(6-10)17(2)14-11(9-18)7-12(15)8-16-14/h7-8,10,13,18H,3-6,9H2,1-2H3. The van der Waals surface area contributed by atoms with Crippen molar-refractivity contribution in [3.05, 3.63) is 22.3 Å². The Hall–Kier alpha value is -0.610. The van der Waals surface area contributed by atoms with Crippen LogP contribution in [0.3, 0.4) is 0 Å². The van der Waals surface area contributed by atoms with E-state index >= 15 is 0 Å². The van der Waals surface area contributed by atoms with Gasteiger partial charge in [0.1, 0.15) is 5.82 Å². The van der Waals surface area contributed by atoms with Crippen LogP contribution in [0.25, 0.3) is 0 Å². The molecular formula is C14H21BrN2O. The Morgan fingerprint density at radius 3 is 2.94 bits per heavy atom. The average Bonchev–Trinajstić information content (AvgIpc) is 2.37. The molecule has 18 heavy (non-hydrogen) atoms. The third-order valence-corrected chi connectivity index (χ3v) is 4.30. The molecule has 1 aromatic rings. The molecular weight excluding hydrogens is 292 g/mol. The number of halogens is 1. The summed E-state index contributed by atoms with van der Waals surface area (Å²) in [6.07, 6.45) is 6.88. The Labute approximate surface area is 117 Å². The molecule has 0 amide bonds. The lowest BCUT2D eigenvalue weighted by Crippen LogP contribution is -2.36. The number of aliphatic hydroxyl groups excluding tert-OH is 1. The molecule has 1 heterocycles. The lowest BCUT2D eigenvalue weighted by Gasteiger charge is -2.35. The minimum Gasteiger partial charge on any atom is -0.392 e. The van der Waals surface area contributed by atoms with E-state index in [1.54, 1.807) is 6.20 Å². The Kier molecular flexibility index (Phi) is 4.62. The van der Waals surface area contributed by atoms with Crippen LogP contribution in [0.15, 0.2) is 16.7 Å². The van der Waals surface area contributed by atoms with E-state index in [9.17, 15) is 5.11 Å². The monoisotopic (exact) mass is 312 g/mol. The molecule has 0 aromatic carbocycles. The first-order chi connectivity index (χ1) is 8.61. The van der Waals surface area contributed by atoms with Gasteiger partial charge in [-0.1, -0.05) is 19.8 Å². The molecule has 1 aliphatic carbocycles. The lowest BCUT2D eigenvalue weighted by atomic mass is 9.86. The fourth-order valence-corrected chi connectivity index (χ4v) is 3.21. The predicted octanol–water partition coefficient (Wildman–Crippen LogP) is 3.35. The topological polar surface area (TPSA) is 36.4 Å². The maximum Gasteiger partial charge on any atom is 0.134 e. The fourth-order valence-electron chi connectivity index (χ4n) is 2.83. The minimum atomic E-state index is 0.0361. The van der Waals surface area contributed by atoms with Gasteiger partial charge in [0.05, 0.1) is 6.61 Å². The smallest absolute Gasteiger partial charge is 0.134 e. The van der Waals surface area contributed by atoms with Crippen molar-refractivity contribution in [2.24, 2.45) is 5.92 Å². The van der Waals surface area contributed by atoms with Gasteiger partial charge in [0.25, 0.3) is 0 Å². The molecule has 0 bridgehead atoms. The molecule has 1 N–H and O–H groups in total. The molecule has 0 aliphatic heterocycles. The van der Waals surface area contributed by atoms with Crippen LogP contribution >= 0.6 is 15.9 Å². The van der Waals surface area contributed by atoms with Gasteiger partial charge < -0.3 is 10.0 Å². The van der Waals surface area contributed by atoms with Gasteiger partial charge in [0.15, 0.2) is 0 Å². The number of anilines is 1. The van der Waals surface area contributed by atoms with Crippen LogP contribution in [-0.4, -0.2) is 23.2 Å². The van der Waals surface area contributed by atoms with E-state index in [0.29, 0.717) is 6.04 Å². The molecule has 0 saturated heterocycles. The Balaban J connectivity index is 2.19. The second-order valence-electron chi connectivity index (χ2n) is 5.33. The van der Waals surface area contributed by atoms with Crippen LogP contribution in [0.2, 0.25) is 0 Å². The van der Waals surface area contributed by atoms with Gasteiger partial charge in [-0.3, -0.25) is 0 Å². The van der Waals surface area contributed by atoms with E-state index in [1.807, 2.05) is 6.07 Å². The molecule has 2 atom stereocenters. The molecule has 1 aromatic heterocycles. The summed E-state index contributed by atoms with van der Waals surface area (Å²) >= 11 is 3.40. The Morgan fingerprint density at radius 1 is 1.50 bits per heavy atom. The van der Waals surface area contributed by atoms with Crippen LogP contribution in [-0.2, 0) is 6.61 Å². The summed E-state index contributed by atoms with van der Waals surface area (Å²) in [6.45, 7) is 2.36. The third kappa shape index (κ3) is 3.04. The fraction of sp³-hybridized carbons (Fsp3) is 0.643. The van der Waals surface area contributed by atoms with Crippen LogP contribution in [0.5, 0.6) is 0 Å². The summed E-state index contributed by atoms with van der Waals surface area (Å²) < 4.78 is 0.917. The van der Waals surface area contributed by atoms with E-state index in [1.165, 1.54) is 25.7 Å². The summed E-state index contributed by atoms with van der Waals surface area (Å²) in [7, 11) is 2.10. The van der Waals surface area contributed by atoms with E-state index in [4.69, 9.17) is 0 Å². The molecule has 3 nitrogen and oxygen atoms in total. The van der Waals surface area contributed by atoms with Crippen molar-refractivity contribution in [1.82, 2.24) is 4.98 Å². The molecule has 2 rings (SSSR count). The highest BCUT2D eigenvalue weighted by Gasteiger charge is 2.24. The van der Waals surface area contributed by atoms with Crippen molar-refractivity contribution in [3.8, 4) is 0 Å². The molecule has 1 fully saturated rings. The molecule has 0 radical (unpaired) electrons. The second-order valence-corrected chi connectivity index (χ2v) is 6.25. The van der Waals surface area contributed by atoms with E-state index in [0.717, 1.165) is 21.8 Å². The highest BCUT2D eigenvalue weighted by atomic mass is 79.9. The number of pyridine rings is 1. The number of aromatic nitrogens is 1. The SMILES string of the molecule is CC1CCCC(N(C)c2ncc(Br)cc2CO)C1. The largest absolute Gasteiger partial charge is 0.392 e. The summed E-state index contributed by atoms with van der Waals surface area (Å²) in [5.74, 6) is 1.71. The highest BCUT2D eigenvalue weighted by molar-refractivity contribution is 9.10. The number of rotatable bonds is 3. The van der Waals surface area contributed by atoms with Gasteiger partial charge in [-0.15, -0.1) is 0 Å². The first-order valence-corrected chi connectivity index (χ1v) is 7.39. The Bertz CT molecular complexity index is 411. The number of hydrogen-bond donors (Lipinski definition) is 1. The third-order valence-electron chi connectivity index (χ3n) is 3.87. The lowest BCUT2D eigenvalue weighted by molar-refractivity contribution is 0.280. The van der Waals surface area contributed by atoms with E-state index < -0.39 is 0 Å². The zero-order valence-electron chi connectivity index (χ0n) is 11.1. The van der Waals surface area contributed by atoms with E-state index in [2.05, 4.69) is 39.8 Å². The molecule has 4 heteroatoms. The average molecular weight is 313 g/mol. The quantitative estimate of drug-likeness (QED) is 0.929. The summed E-state index contributed by atoms with van der Waals surface area (Å²) in [6, 6.07) is 2.50. The van der Waals surface area contributed by atoms with Crippen molar-refractivity contribution in [3.63, 3.8) is 0 Å². The first-order valence-electron chi connectivity index (χ1n) is 6.60. The Morgan fingerprint density at radius 2 is 2.28 bits per heavy atom. The number of nitrogens with zero attached hydrogens (tertiary/aromatic N) is 2. The second kappa shape index (κ2) is 6.02. The van der Waals surface area contributed by atoms with Crippen molar-refractivity contribution >= 4 is 21.7 Å². The molecule has 100 valence electrons. The van der Waals surface area contributed by atoms with Crippen molar-refractivity contribution < 1.29 is 5.11 Å². The molecule has 2 unspecified atom stereocenters. The maximum atomic E-state index is 9.45. The molecule has 0 spiro atoms. The van der Waals surface area contributed by atoms with Crippen molar-refractivity contribution in [2.45, 2.75) is 45.3 Å². The maximum absolute atomic E-state index is 9.45. The first kappa shape index (κ1) is 13.8. The van der Waals surface area contributed by atoms with Gasteiger partial charge >= 0.3 is 0 Å². The van der Waals surface area contributed by atoms with Gasteiger partial charge in [-0.2, -0.15) is 0 Å². The summed E-state index contributed by atoms with van der Waals surface area (Å²) in [5.41, 5.74) is 0.894. The highest BCUT2D eigenvalue weighted by Crippen LogP contribution is 2.30. The summed E-state index contributed by atoms with van der Waals surface area (Å²) in [4.78, 5) is 6.71. The normalized spacial score (nSPS) is 24.0. The van der Waals surface area contributed by atoms with Gasteiger partial charge in [-0.05, 0) is 40.8 Å². The molecule has 1 aliphatic rings.